The Kier molecular flexibility index (Phi) is 3.35. The van der Waals surface area contributed by atoms with Crippen LogP contribution in [0.1, 0.15) is 5.82 Å². The van der Waals surface area contributed by atoms with E-state index < -0.39 is 0 Å². The lowest BCUT2D eigenvalue weighted by Gasteiger charge is -2.06. The van der Waals surface area contributed by atoms with Crippen LogP contribution >= 0.6 is 11.6 Å². The van der Waals surface area contributed by atoms with E-state index in [2.05, 4.69) is 15.0 Å². The Bertz CT molecular complexity index is 989. The first kappa shape index (κ1) is 14.0. The van der Waals surface area contributed by atoms with Gasteiger partial charge in [0.1, 0.15) is 17.5 Å². The van der Waals surface area contributed by atoms with E-state index in [1.165, 1.54) is 12.1 Å². The predicted molar refractivity (Wildman–Crippen MR) is 87.8 cm³/mol. The highest BCUT2D eigenvalue weighted by atomic mass is 35.5. The summed E-state index contributed by atoms with van der Waals surface area (Å²) in [5.41, 5.74) is 2.36. The van der Waals surface area contributed by atoms with E-state index in [-0.39, 0.29) is 5.82 Å². The van der Waals surface area contributed by atoms with Crippen molar-refractivity contribution in [1.82, 2.24) is 19.5 Å². The second kappa shape index (κ2) is 5.52. The molecule has 114 valence electrons. The third kappa shape index (κ3) is 2.71. The fourth-order valence-corrected chi connectivity index (χ4v) is 2.78. The van der Waals surface area contributed by atoms with E-state index in [9.17, 15) is 4.39 Å². The van der Waals surface area contributed by atoms with Crippen LogP contribution < -0.4 is 0 Å². The lowest BCUT2D eigenvalue weighted by Crippen LogP contribution is -2.02. The number of nitrogens with one attached hydrogen (secondary N) is 1. The molecule has 6 heteroatoms. The van der Waals surface area contributed by atoms with Crippen molar-refractivity contribution >= 4 is 22.6 Å². The van der Waals surface area contributed by atoms with Gasteiger partial charge in [-0.25, -0.2) is 14.4 Å². The highest BCUT2D eigenvalue weighted by Gasteiger charge is 2.10. The standard InChI is InChI=1S/C17H12ClFN4/c18-12-3-1-2-11(8-12)17-20-6-7-23(17)10-16-21-14-5-4-13(19)9-15(14)22-16/h1-9H,10H2,(H,21,22). The maximum absolute atomic E-state index is 13.3. The number of fused-ring (bicyclic) bond motifs is 1. The van der Waals surface area contributed by atoms with Crippen LogP contribution in [0.15, 0.2) is 54.9 Å². The Morgan fingerprint density at radius 1 is 1.17 bits per heavy atom. The maximum atomic E-state index is 13.3. The third-order valence-corrected chi connectivity index (χ3v) is 3.85. The molecule has 0 amide bonds. The van der Waals surface area contributed by atoms with Gasteiger partial charge in [-0.05, 0) is 24.3 Å². The minimum absolute atomic E-state index is 0.294. The van der Waals surface area contributed by atoms with Crippen LogP contribution in [0.3, 0.4) is 0 Å². The molecule has 0 fully saturated rings. The summed E-state index contributed by atoms with van der Waals surface area (Å²) in [7, 11) is 0. The molecule has 23 heavy (non-hydrogen) atoms. The molecule has 0 atom stereocenters. The number of benzene rings is 2. The maximum Gasteiger partial charge on any atom is 0.140 e. The van der Waals surface area contributed by atoms with Gasteiger partial charge in [0.25, 0.3) is 0 Å². The Balaban J connectivity index is 1.70. The monoisotopic (exact) mass is 326 g/mol. The Labute approximate surface area is 136 Å². The highest BCUT2D eigenvalue weighted by Crippen LogP contribution is 2.22. The van der Waals surface area contributed by atoms with Gasteiger partial charge in [0, 0.05) is 29.0 Å². The fraction of sp³-hybridized carbons (Fsp3) is 0.0588. The van der Waals surface area contributed by atoms with Gasteiger partial charge in [0.2, 0.25) is 0 Å². The topological polar surface area (TPSA) is 46.5 Å². The fourth-order valence-electron chi connectivity index (χ4n) is 2.59. The van der Waals surface area contributed by atoms with E-state index >= 15 is 0 Å². The summed E-state index contributed by atoms with van der Waals surface area (Å²) in [4.78, 5) is 12.0. The van der Waals surface area contributed by atoms with Crippen molar-refractivity contribution < 1.29 is 4.39 Å². The summed E-state index contributed by atoms with van der Waals surface area (Å²) in [5, 5.41) is 0.663. The second-order valence-electron chi connectivity index (χ2n) is 5.23. The molecule has 0 unspecified atom stereocenters. The number of hydrogen-bond acceptors (Lipinski definition) is 2. The predicted octanol–water partition coefficient (Wildman–Crippen LogP) is 4.27. The molecule has 4 aromatic rings. The lowest BCUT2D eigenvalue weighted by molar-refractivity contribution is 0.629. The molecule has 0 radical (unpaired) electrons. The van der Waals surface area contributed by atoms with Gasteiger partial charge in [-0.3, -0.25) is 0 Å². The largest absolute Gasteiger partial charge is 0.340 e. The van der Waals surface area contributed by atoms with Crippen LogP contribution in [0, 0.1) is 5.82 Å². The van der Waals surface area contributed by atoms with Gasteiger partial charge in [-0.15, -0.1) is 0 Å². The first-order chi connectivity index (χ1) is 11.2. The van der Waals surface area contributed by atoms with Crippen molar-refractivity contribution in [3.8, 4) is 11.4 Å². The molecule has 4 nitrogen and oxygen atoms in total. The highest BCUT2D eigenvalue weighted by molar-refractivity contribution is 6.30. The van der Waals surface area contributed by atoms with Crippen LogP contribution in [0.5, 0.6) is 0 Å². The van der Waals surface area contributed by atoms with Crippen molar-refractivity contribution in [1.29, 1.82) is 0 Å². The molecule has 1 N–H and O–H groups in total. The average Bonchev–Trinajstić information content (AvgIpc) is 3.13. The minimum atomic E-state index is -0.294. The number of aromatic nitrogens is 4. The Morgan fingerprint density at radius 2 is 2.09 bits per heavy atom. The molecule has 0 aliphatic carbocycles. The molecule has 0 spiro atoms. The molecule has 0 bridgehead atoms. The van der Waals surface area contributed by atoms with Crippen LogP contribution in [-0.4, -0.2) is 19.5 Å². The van der Waals surface area contributed by atoms with E-state index in [0.717, 1.165) is 22.7 Å². The summed E-state index contributed by atoms with van der Waals surface area (Å²) in [6.07, 6.45) is 3.61. The Hall–Kier alpha value is -2.66. The normalized spacial score (nSPS) is 11.2. The van der Waals surface area contributed by atoms with Crippen LogP contribution in [0.4, 0.5) is 4.39 Å². The molecule has 2 heterocycles. The van der Waals surface area contributed by atoms with Crippen molar-refractivity contribution in [3.05, 3.63) is 71.5 Å². The molecule has 0 aliphatic heterocycles. The summed E-state index contributed by atoms with van der Waals surface area (Å²) >= 11 is 6.05. The number of H-pyrrole nitrogens is 1. The number of aromatic amines is 1. The third-order valence-electron chi connectivity index (χ3n) is 3.61. The van der Waals surface area contributed by atoms with Crippen LogP contribution in [0.2, 0.25) is 5.02 Å². The summed E-state index contributed by atoms with van der Waals surface area (Å²) in [5.74, 6) is 1.25. The first-order valence-corrected chi connectivity index (χ1v) is 7.48. The quantitative estimate of drug-likeness (QED) is 0.611. The van der Waals surface area contributed by atoms with Crippen molar-refractivity contribution in [2.45, 2.75) is 6.54 Å². The van der Waals surface area contributed by atoms with Gasteiger partial charge in [0.05, 0.1) is 17.6 Å². The number of rotatable bonds is 3. The zero-order valence-corrected chi connectivity index (χ0v) is 12.8. The summed E-state index contributed by atoms with van der Waals surface area (Å²) < 4.78 is 15.2. The van der Waals surface area contributed by atoms with Gasteiger partial charge < -0.3 is 9.55 Å². The van der Waals surface area contributed by atoms with E-state index in [1.807, 2.05) is 35.0 Å². The number of imidazole rings is 2. The van der Waals surface area contributed by atoms with Crippen molar-refractivity contribution in [2.75, 3.05) is 0 Å². The van der Waals surface area contributed by atoms with Gasteiger partial charge >= 0.3 is 0 Å². The summed E-state index contributed by atoms with van der Waals surface area (Å²) in [6.45, 7) is 0.512. The SMILES string of the molecule is Fc1ccc2[nH]c(Cn3ccnc3-c3cccc(Cl)c3)nc2c1. The van der Waals surface area contributed by atoms with E-state index in [4.69, 9.17) is 11.6 Å². The number of halogens is 2. The van der Waals surface area contributed by atoms with Crippen molar-refractivity contribution in [3.63, 3.8) is 0 Å². The number of hydrogen-bond donors (Lipinski definition) is 1. The van der Waals surface area contributed by atoms with Gasteiger partial charge in [-0.2, -0.15) is 0 Å². The molecule has 0 aliphatic rings. The van der Waals surface area contributed by atoms with E-state index in [1.54, 1.807) is 12.3 Å². The lowest BCUT2D eigenvalue weighted by atomic mass is 10.2. The summed E-state index contributed by atoms with van der Waals surface area (Å²) in [6, 6.07) is 12.1. The molecule has 0 saturated heterocycles. The smallest absolute Gasteiger partial charge is 0.140 e. The molecule has 2 aromatic heterocycles. The molecule has 2 aromatic carbocycles. The first-order valence-electron chi connectivity index (χ1n) is 7.10. The van der Waals surface area contributed by atoms with Crippen molar-refractivity contribution in [2.24, 2.45) is 0 Å². The molecular formula is C17H12ClFN4. The van der Waals surface area contributed by atoms with Crippen LogP contribution in [0.25, 0.3) is 22.4 Å². The van der Waals surface area contributed by atoms with E-state index in [0.29, 0.717) is 17.1 Å². The zero-order valence-electron chi connectivity index (χ0n) is 12.0. The minimum Gasteiger partial charge on any atom is -0.340 e. The zero-order chi connectivity index (χ0) is 15.8. The number of nitrogens with zero attached hydrogens (tertiary/aromatic N) is 3. The molecular weight excluding hydrogens is 315 g/mol. The molecule has 0 saturated carbocycles. The average molecular weight is 327 g/mol. The van der Waals surface area contributed by atoms with Crippen LogP contribution in [-0.2, 0) is 6.54 Å². The molecule has 4 rings (SSSR count). The van der Waals surface area contributed by atoms with Gasteiger partial charge in [0.15, 0.2) is 0 Å². The second-order valence-corrected chi connectivity index (χ2v) is 5.67. The Morgan fingerprint density at radius 3 is 2.96 bits per heavy atom. The van der Waals surface area contributed by atoms with Gasteiger partial charge in [-0.1, -0.05) is 23.7 Å².